The largest absolute Gasteiger partial charge is 0.493 e. The van der Waals surface area contributed by atoms with Gasteiger partial charge in [-0.2, -0.15) is 0 Å². The van der Waals surface area contributed by atoms with Crippen LogP contribution in [0.25, 0.3) is 0 Å². The summed E-state index contributed by atoms with van der Waals surface area (Å²) in [5.41, 5.74) is 3.17. The van der Waals surface area contributed by atoms with Crippen LogP contribution in [0.15, 0.2) is 42.5 Å². The summed E-state index contributed by atoms with van der Waals surface area (Å²) >= 11 is 0. The Morgan fingerprint density at radius 2 is 2.04 bits per heavy atom. The number of nitrogens with one attached hydrogen (secondary N) is 1. The van der Waals surface area contributed by atoms with Crippen molar-refractivity contribution in [3.05, 3.63) is 53.6 Å². The maximum atomic E-state index is 11.7. The van der Waals surface area contributed by atoms with Crippen molar-refractivity contribution in [2.45, 2.75) is 38.7 Å². The van der Waals surface area contributed by atoms with Gasteiger partial charge in [0.2, 0.25) is 0 Å². The van der Waals surface area contributed by atoms with Crippen LogP contribution in [0.2, 0.25) is 0 Å². The Morgan fingerprint density at radius 1 is 1.22 bits per heavy atom. The van der Waals surface area contributed by atoms with Gasteiger partial charge in [0.05, 0.1) is 6.61 Å². The Bertz CT molecular complexity index is 815. The summed E-state index contributed by atoms with van der Waals surface area (Å²) in [4.78, 5) is 13.2. The van der Waals surface area contributed by atoms with E-state index in [1.165, 1.54) is 16.0 Å². The normalized spacial score (nSPS) is 14.7. The maximum Gasteiger partial charge on any atom is 0.321 e. The zero-order valence-electron chi connectivity index (χ0n) is 16.5. The SMILES string of the molecule is CN(C)C(=O)Nc1cccc(OCCc2ccc3c(c2)CCC(C)(C)O3)c1. The third-order valence-electron chi connectivity index (χ3n) is 4.66. The van der Waals surface area contributed by atoms with Gasteiger partial charge in [0.15, 0.2) is 0 Å². The molecule has 0 unspecified atom stereocenters. The first-order valence-corrected chi connectivity index (χ1v) is 9.34. The molecule has 2 aromatic carbocycles. The smallest absolute Gasteiger partial charge is 0.321 e. The van der Waals surface area contributed by atoms with Crippen LogP contribution in [0, 0.1) is 0 Å². The molecule has 0 spiro atoms. The Labute approximate surface area is 161 Å². The molecule has 0 fully saturated rings. The van der Waals surface area contributed by atoms with Gasteiger partial charge in [-0.25, -0.2) is 4.79 Å². The Morgan fingerprint density at radius 3 is 2.81 bits per heavy atom. The molecule has 2 amide bonds. The minimum atomic E-state index is -0.161. The van der Waals surface area contributed by atoms with E-state index in [0.717, 1.165) is 36.4 Å². The molecule has 1 aliphatic rings. The highest BCUT2D eigenvalue weighted by Crippen LogP contribution is 2.33. The number of hydrogen-bond acceptors (Lipinski definition) is 3. The minimum Gasteiger partial charge on any atom is -0.493 e. The van der Waals surface area contributed by atoms with Crippen LogP contribution in [0.3, 0.4) is 0 Å². The minimum absolute atomic E-state index is 0.0787. The zero-order valence-corrected chi connectivity index (χ0v) is 16.5. The number of carbonyl (C=O) groups is 1. The van der Waals surface area contributed by atoms with Crippen LogP contribution >= 0.6 is 0 Å². The number of urea groups is 1. The van der Waals surface area contributed by atoms with Gasteiger partial charge >= 0.3 is 6.03 Å². The molecule has 0 atom stereocenters. The lowest BCUT2D eigenvalue weighted by molar-refractivity contribution is 0.0846. The van der Waals surface area contributed by atoms with Gasteiger partial charge in [0.1, 0.15) is 17.1 Å². The molecular formula is C22H28N2O3. The fourth-order valence-electron chi connectivity index (χ4n) is 3.05. The van der Waals surface area contributed by atoms with E-state index in [9.17, 15) is 4.79 Å². The number of anilines is 1. The van der Waals surface area contributed by atoms with Crippen molar-refractivity contribution in [2.75, 3.05) is 26.0 Å². The number of benzene rings is 2. The topological polar surface area (TPSA) is 50.8 Å². The summed E-state index contributed by atoms with van der Waals surface area (Å²) in [5.74, 6) is 1.75. The molecule has 1 N–H and O–H groups in total. The van der Waals surface area contributed by atoms with Crippen LogP contribution < -0.4 is 14.8 Å². The van der Waals surface area contributed by atoms with Crippen LogP contribution in [-0.4, -0.2) is 37.2 Å². The molecule has 144 valence electrons. The van der Waals surface area contributed by atoms with E-state index in [0.29, 0.717) is 6.61 Å². The fraction of sp³-hybridized carbons (Fsp3) is 0.409. The van der Waals surface area contributed by atoms with Gasteiger partial charge in [-0.05, 0) is 56.0 Å². The first-order chi connectivity index (χ1) is 12.8. The molecule has 0 aromatic heterocycles. The number of aryl methyl sites for hydroxylation is 1. The van der Waals surface area contributed by atoms with Crippen molar-refractivity contribution in [1.82, 2.24) is 4.90 Å². The van der Waals surface area contributed by atoms with Gasteiger partial charge in [-0.15, -0.1) is 0 Å². The Balaban J connectivity index is 1.55. The van der Waals surface area contributed by atoms with Crippen molar-refractivity contribution in [2.24, 2.45) is 0 Å². The second-order valence-corrected chi connectivity index (χ2v) is 7.75. The van der Waals surface area contributed by atoms with Gasteiger partial charge in [-0.3, -0.25) is 0 Å². The molecule has 1 heterocycles. The van der Waals surface area contributed by atoms with Crippen molar-refractivity contribution < 1.29 is 14.3 Å². The average molecular weight is 368 g/mol. The van der Waals surface area contributed by atoms with E-state index in [1.54, 1.807) is 14.1 Å². The third-order valence-corrected chi connectivity index (χ3v) is 4.66. The average Bonchev–Trinajstić information content (AvgIpc) is 2.61. The molecule has 5 nitrogen and oxygen atoms in total. The van der Waals surface area contributed by atoms with E-state index in [1.807, 2.05) is 24.3 Å². The van der Waals surface area contributed by atoms with Crippen molar-refractivity contribution in [3.63, 3.8) is 0 Å². The first kappa shape index (κ1) is 19.1. The van der Waals surface area contributed by atoms with Crippen molar-refractivity contribution in [3.8, 4) is 11.5 Å². The summed E-state index contributed by atoms with van der Waals surface area (Å²) in [6, 6.07) is 13.7. The molecule has 1 aliphatic heterocycles. The molecule has 0 saturated heterocycles. The highest BCUT2D eigenvalue weighted by atomic mass is 16.5. The molecule has 27 heavy (non-hydrogen) atoms. The standard InChI is InChI=1S/C22H28N2O3/c1-22(2)12-10-17-14-16(8-9-20(17)27-22)11-13-26-19-7-5-6-18(15-19)23-21(25)24(3)4/h5-9,14-15H,10-13H2,1-4H3,(H,23,25). The summed E-state index contributed by atoms with van der Waals surface area (Å²) in [7, 11) is 3.42. The van der Waals surface area contributed by atoms with E-state index >= 15 is 0 Å². The Hall–Kier alpha value is -2.69. The van der Waals surface area contributed by atoms with Crippen molar-refractivity contribution >= 4 is 11.7 Å². The predicted molar refractivity (Wildman–Crippen MR) is 108 cm³/mol. The van der Waals surface area contributed by atoms with Crippen LogP contribution in [0.4, 0.5) is 10.5 Å². The lowest BCUT2D eigenvalue weighted by Gasteiger charge is -2.32. The van der Waals surface area contributed by atoms with Gasteiger partial charge in [0, 0.05) is 32.3 Å². The van der Waals surface area contributed by atoms with Gasteiger partial charge < -0.3 is 19.7 Å². The number of nitrogens with zero attached hydrogens (tertiary/aromatic N) is 1. The lowest BCUT2D eigenvalue weighted by Crippen LogP contribution is -2.32. The molecule has 5 heteroatoms. The zero-order chi connectivity index (χ0) is 19.4. The number of amides is 2. The molecule has 3 rings (SSSR count). The van der Waals surface area contributed by atoms with E-state index in [2.05, 4.69) is 37.4 Å². The summed E-state index contributed by atoms with van der Waals surface area (Å²) in [6.45, 7) is 4.84. The molecule has 0 radical (unpaired) electrons. The molecule has 0 saturated carbocycles. The van der Waals surface area contributed by atoms with Crippen LogP contribution in [-0.2, 0) is 12.8 Å². The summed E-state index contributed by atoms with van der Waals surface area (Å²) in [5, 5.41) is 2.82. The maximum absolute atomic E-state index is 11.7. The van der Waals surface area contributed by atoms with E-state index in [-0.39, 0.29) is 11.6 Å². The van der Waals surface area contributed by atoms with Crippen LogP contribution in [0.5, 0.6) is 11.5 Å². The number of carbonyl (C=O) groups excluding carboxylic acids is 1. The van der Waals surface area contributed by atoms with E-state index < -0.39 is 0 Å². The lowest BCUT2D eigenvalue weighted by atomic mass is 9.93. The van der Waals surface area contributed by atoms with Crippen LogP contribution in [0.1, 0.15) is 31.4 Å². The number of fused-ring (bicyclic) bond motifs is 1. The molecule has 0 bridgehead atoms. The number of ether oxygens (including phenoxy) is 2. The first-order valence-electron chi connectivity index (χ1n) is 9.34. The number of hydrogen-bond donors (Lipinski definition) is 1. The van der Waals surface area contributed by atoms with Gasteiger partial charge in [0.25, 0.3) is 0 Å². The summed E-state index contributed by atoms with van der Waals surface area (Å²) < 4.78 is 11.9. The second kappa shape index (κ2) is 7.91. The predicted octanol–water partition coefficient (Wildman–Crippen LogP) is 4.51. The third kappa shape index (κ3) is 5.16. The second-order valence-electron chi connectivity index (χ2n) is 7.75. The number of rotatable bonds is 5. The quantitative estimate of drug-likeness (QED) is 0.845. The monoisotopic (exact) mass is 368 g/mol. The Kier molecular flexibility index (Phi) is 5.59. The van der Waals surface area contributed by atoms with Crippen molar-refractivity contribution in [1.29, 1.82) is 0 Å². The van der Waals surface area contributed by atoms with Gasteiger partial charge in [-0.1, -0.05) is 18.2 Å². The molecular weight excluding hydrogens is 340 g/mol. The van der Waals surface area contributed by atoms with E-state index in [4.69, 9.17) is 9.47 Å². The highest BCUT2D eigenvalue weighted by molar-refractivity contribution is 5.89. The molecule has 2 aromatic rings. The highest BCUT2D eigenvalue weighted by Gasteiger charge is 2.26. The fourth-order valence-corrected chi connectivity index (χ4v) is 3.05. The summed E-state index contributed by atoms with van der Waals surface area (Å²) in [6.07, 6.45) is 2.90. The molecule has 0 aliphatic carbocycles.